The highest BCUT2D eigenvalue weighted by Gasteiger charge is 2.40. The number of nitrogens with one attached hydrogen (secondary N) is 1. The number of aromatic nitrogens is 1. The zero-order chi connectivity index (χ0) is 22.0. The van der Waals surface area contributed by atoms with Crippen molar-refractivity contribution in [2.24, 2.45) is 0 Å². The summed E-state index contributed by atoms with van der Waals surface area (Å²) in [6.45, 7) is 2.72. The second-order valence-electron chi connectivity index (χ2n) is 7.94. The number of para-hydroxylation sites is 1. The molecule has 7 nitrogen and oxygen atoms in total. The number of carbonyl (C=O) groups excluding carboxylic acids is 1. The minimum absolute atomic E-state index is 0.177. The number of rotatable bonds is 5. The van der Waals surface area contributed by atoms with Crippen molar-refractivity contribution in [1.82, 2.24) is 4.98 Å². The number of amides is 1. The lowest BCUT2D eigenvalue weighted by Crippen LogP contribution is -2.45. The van der Waals surface area contributed by atoms with Crippen molar-refractivity contribution >= 4 is 28.3 Å². The van der Waals surface area contributed by atoms with Gasteiger partial charge in [0.25, 0.3) is 5.91 Å². The van der Waals surface area contributed by atoms with Gasteiger partial charge in [0, 0.05) is 37.0 Å². The zero-order valence-electron chi connectivity index (χ0n) is 17.6. The van der Waals surface area contributed by atoms with Crippen molar-refractivity contribution < 1.29 is 23.4 Å². The van der Waals surface area contributed by atoms with Crippen molar-refractivity contribution in [1.29, 1.82) is 0 Å². The maximum atomic E-state index is 13.0. The quantitative estimate of drug-likeness (QED) is 0.656. The van der Waals surface area contributed by atoms with Crippen LogP contribution in [-0.2, 0) is 14.3 Å². The van der Waals surface area contributed by atoms with E-state index in [4.69, 9.17) is 19.2 Å². The highest BCUT2D eigenvalue weighted by atomic mass is 19.1. The number of nitrogens with zero attached hydrogens (tertiary/aromatic N) is 2. The Bertz CT molecular complexity index is 1110. The van der Waals surface area contributed by atoms with E-state index in [-0.39, 0.29) is 18.3 Å². The van der Waals surface area contributed by atoms with Crippen LogP contribution >= 0.6 is 0 Å². The van der Waals surface area contributed by atoms with Gasteiger partial charge in [0.1, 0.15) is 22.9 Å². The molecule has 5 rings (SSSR count). The van der Waals surface area contributed by atoms with Gasteiger partial charge in [-0.2, -0.15) is 0 Å². The first-order valence-electron chi connectivity index (χ1n) is 10.7. The van der Waals surface area contributed by atoms with Gasteiger partial charge in [0.05, 0.1) is 13.2 Å². The molecule has 1 N–H and O–H groups in total. The summed E-state index contributed by atoms with van der Waals surface area (Å²) in [5, 5.41) is 3.62. The van der Waals surface area contributed by atoms with Gasteiger partial charge in [-0.1, -0.05) is 12.1 Å². The number of hydrogen-bond acceptors (Lipinski definition) is 6. The zero-order valence-corrected chi connectivity index (χ0v) is 17.6. The largest absolute Gasteiger partial charge is 0.481 e. The average molecular weight is 437 g/mol. The molecule has 0 atom stereocenters. The molecule has 3 aromatic rings. The van der Waals surface area contributed by atoms with E-state index < -0.39 is 5.79 Å². The molecular weight excluding hydrogens is 413 g/mol. The molecule has 1 amide bonds. The van der Waals surface area contributed by atoms with Gasteiger partial charge in [-0.15, -0.1) is 0 Å². The van der Waals surface area contributed by atoms with E-state index in [1.165, 1.54) is 24.3 Å². The number of hydrogen-bond donors (Lipinski definition) is 1. The van der Waals surface area contributed by atoms with Gasteiger partial charge in [0.2, 0.25) is 0 Å². The summed E-state index contributed by atoms with van der Waals surface area (Å²) in [6, 6.07) is 15.2. The average Bonchev–Trinajstić information content (AvgIpc) is 3.27. The Morgan fingerprint density at radius 3 is 2.56 bits per heavy atom. The number of fused-ring (bicyclic) bond motifs is 1. The van der Waals surface area contributed by atoms with Crippen molar-refractivity contribution in [2.45, 2.75) is 18.6 Å². The molecule has 166 valence electrons. The summed E-state index contributed by atoms with van der Waals surface area (Å²) in [5.41, 5.74) is 1.21. The van der Waals surface area contributed by atoms with Crippen LogP contribution < -0.4 is 15.0 Å². The number of ether oxygens (including phenoxy) is 3. The van der Waals surface area contributed by atoms with Crippen LogP contribution in [0.2, 0.25) is 0 Å². The number of piperidine rings is 1. The molecule has 2 aromatic carbocycles. The molecule has 2 aliphatic rings. The first-order chi connectivity index (χ1) is 15.6. The van der Waals surface area contributed by atoms with Crippen LogP contribution in [0, 0.1) is 5.82 Å². The maximum absolute atomic E-state index is 13.0. The van der Waals surface area contributed by atoms with Gasteiger partial charge in [-0.05, 0) is 42.5 Å². The SMILES string of the molecule is O=C(COc1cccc2ccc(N3CCC4(CC3)OCCO4)nc12)Nc1ccc(F)cc1. The summed E-state index contributed by atoms with van der Waals surface area (Å²) in [4.78, 5) is 19.3. The molecule has 1 aromatic heterocycles. The molecule has 0 radical (unpaired) electrons. The summed E-state index contributed by atoms with van der Waals surface area (Å²) in [5.74, 6) is 0.276. The molecule has 8 heteroatoms. The second-order valence-corrected chi connectivity index (χ2v) is 7.94. The van der Waals surface area contributed by atoms with E-state index in [9.17, 15) is 9.18 Å². The minimum Gasteiger partial charge on any atom is -0.481 e. The Labute approximate surface area is 185 Å². The highest BCUT2D eigenvalue weighted by molar-refractivity contribution is 5.92. The topological polar surface area (TPSA) is 72.9 Å². The number of pyridine rings is 1. The van der Waals surface area contributed by atoms with Crippen molar-refractivity contribution in [3.05, 3.63) is 60.4 Å². The first-order valence-corrected chi connectivity index (χ1v) is 10.7. The summed E-state index contributed by atoms with van der Waals surface area (Å²) in [7, 11) is 0. The fraction of sp³-hybridized carbons (Fsp3) is 0.333. The number of anilines is 2. The Kier molecular flexibility index (Phi) is 5.63. The van der Waals surface area contributed by atoms with Gasteiger partial charge in [0.15, 0.2) is 12.4 Å². The lowest BCUT2D eigenvalue weighted by molar-refractivity contribution is -0.169. The third-order valence-corrected chi connectivity index (χ3v) is 5.82. The van der Waals surface area contributed by atoms with Crippen LogP contribution in [-0.4, -0.2) is 49.6 Å². The van der Waals surface area contributed by atoms with Crippen LogP contribution in [0.15, 0.2) is 54.6 Å². The molecule has 2 fully saturated rings. The highest BCUT2D eigenvalue weighted by Crippen LogP contribution is 2.34. The van der Waals surface area contributed by atoms with E-state index in [1.807, 2.05) is 24.3 Å². The maximum Gasteiger partial charge on any atom is 0.262 e. The lowest BCUT2D eigenvalue weighted by Gasteiger charge is -2.38. The molecule has 1 spiro atoms. The van der Waals surface area contributed by atoms with Gasteiger partial charge >= 0.3 is 0 Å². The number of carbonyl (C=O) groups is 1. The normalized spacial score (nSPS) is 17.6. The van der Waals surface area contributed by atoms with Crippen LogP contribution in [0.3, 0.4) is 0 Å². The monoisotopic (exact) mass is 437 g/mol. The van der Waals surface area contributed by atoms with Gasteiger partial charge in [-0.25, -0.2) is 9.37 Å². The summed E-state index contributed by atoms with van der Waals surface area (Å²) >= 11 is 0. The molecule has 3 heterocycles. The first kappa shape index (κ1) is 20.7. The third-order valence-electron chi connectivity index (χ3n) is 5.82. The number of benzene rings is 2. The van der Waals surface area contributed by atoms with Gasteiger partial charge in [-0.3, -0.25) is 4.79 Å². The summed E-state index contributed by atoms with van der Waals surface area (Å²) in [6.07, 6.45) is 1.60. The molecule has 0 saturated carbocycles. The van der Waals surface area contributed by atoms with E-state index >= 15 is 0 Å². The third kappa shape index (κ3) is 4.37. The Balaban J connectivity index is 1.27. The molecule has 0 unspecified atom stereocenters. The van der Waals surface area contributed by atoms with Crippen LogP contribution in [0.4, 0.5) is 15.9 Å². The molecule has 32 heavy (non-hydrogen) atoms. The smallest absolute Gasteiger partial charge is 0.262 e. The van der Waals surface area contributed by atoms with Crippen LogP contribution in [0.5, 0.6) is 5.75 Å². The van der Waals surface area contributed by atoms with Gasteiger partial charge < -0.3 is 24.4 Å². The van der Waals surface area contributed by atoms with Crippen LogP contribution in [0.25, 0.3) is 10.9 Å². The van der Waals surface area contributed by atoms with Crippen molar-refractivity contribution in [3.8, 4) is 5.75 Å². The summed E-state index contributed by atoms with van der Waals surface area (Å²) < 4.78 is 30.4. The van der Waals surface area contributed by atoms with E-state index in [0.29, 0.717) is 30.2 Å². The number of halogens is 1. The lowest BCUT2D eigenvalue weighted by atomic mass is 10.0. The van der Waals surface area contributed by atoms with E-state index in [1.54, 1.807) is 6.07 Å². The van der Waals surface area contributed by atoms with E-state index in [2.05, 4.69) is 10.2 Å². The molecular formula is C24H24FN3O4. The van der Waals surface area contributed by atoms with Crippen molar-refractivity contribution in [3.63, 3.8) is 0 Å². The van der Waals surface area contributed by atoms with E-state index in [0.717, 1.165) is 37.1 Å². The van der Waals surface area contributed by atoms with Crippen molar-refractivity contribution in [2.75, 3.05) is 43.1 Å². The molecule has 0 bridgehead atoms. The fourth-order valence-corrected chi connectivity index (χ4v) is 4.14. The molecule has 0 aliphatic carbocycles. The Hall–Kier alpha value is -3.23. The standard InChI is InChI=1S/C24H24FN3O4/c25-18-5-7-19(8-6-18)26-22(29)16-30-20-3-1-2-17-4-9-21(27-23(17)20)28-12-10-24(11-13-28)31-14-15-32-24/h1-9H,10-16H2,(H,26,29). The van der Waals surface area contributed by atoms with Crippen LogP contribution in [0.1, 0.15) is 12.8 Å². The minimum atomic E-state index is -0.431. The Morgan fingerprint density at radius 1 is 1.06 bits per heavy atom. The predicted molar refractivity (Wildman–Crippen MR) is 118 cm³/mol. The predicted octanol–water partition coefficient (Wildman–Crippen LogP) is 3.73. The second kappa shape index (κ2) is 8.72. The molecule has 2 aliphatic heterocycles. The Morgan fingerprint density at radius 2 is 1.81 bits per heavy atom. The fourth-order valence-electron chi connectivity index (χ4n) is 4.14. The molecule has 2 saturated heterocycles.